The highest BCUT2D eigenvalue weighted by atomic mass is 32.2. The monoisotopic (exact) mass is 262 g/mol. The van der Waals surface area contributed by atoms with Gasteiger partial charge in [0, 0.05) is 12.6 Å². The van der Waals surface area contributed by atoms with Gasteiger partial charge in [0.1, 0.15) is 0 Å². The van der Waals surface area contributed by atoms with Crippen molar-refractivity contribution in [2.75, 3.05) is 18.8 Å². The average molecular weight is 262 g/mol. The molecular weight excluding hydrogens is 236 g/mol. The smallest absolute Gasteiger partial charge is 0.211 e. The van der Waals surface area contributed by atoms with Gasteiger partial charge in [-0.1, -0.05) is 19.8 Å². The van der Waals surface area contributed by atoms with Gasteiger partial charge in [-0.2, -0.15) is 0 Å². The first-order valence-corrected chi connectivity index (χ1v) is 8.50. The van der Waals surface area contributed by atoms with E-state index < -0.39 is 10.0 Å². The van der Waals surface area contributed by atoms with Crippen LogP contribution in [0.5, 0.6) is 0 Å². The SMILES string of the molecule is CCCCCNS(=O)(=O)CCCCNC1CC1. The van der Waals surface area contributed by atoms with E-state index in [4.69, 9.17) is 0 Å². The van der Waals surface area contributed by atoms with Crippen LogP contribution in [0.1, 0.15) is 51.9 Å². The van der Waals surface area contributed by atoms with Crippen LogP contribution in [0.25, 0.3) is 0 Å². The summed E-state index contributed by atoms with van der Waals surface area (Å²) in [4.78, 5) is 0. The zero-order chi connectivity index (χ0) is 12.6. The predicted octanol–water partition coefficient (Wildman–Crippen LogP) is 1.63. The van der Waals surface area contributed by atoms with Crippen LogP contribution in [-0.2, 0) is 10.0 Å². The van der Waals surface area contributed by atoms with Gasteiger partial charge in [-0.25, -0.2) is 13.1 Å². The van der Waals surface area contributed by atoms with Crippen LogP contribution >= 0.6 is 0 Å². The van der Waals surface area contributed by atoms with Gasteiger partial charge >= 0.3 is 0 Å². The second-order valence-corrected chi connectivity index (χ2v) is 6.78. The Balaban J connectivity index is 1.94. The Morgan fingerprint density at radius 1 is 1.06 bits per heavy atom. The molecule has 1 fully saturated rings. The lowest BCUT2D eigenvalue weighted by atomic mass is 10.3. The Hall–Kier alpha value is -0.130. The van der Waals surface area contributed by atoms with E-state index in [0.717, 1.165) is 44.7 Å². The third kappa shape index (κ3) is 8.57. The first-order valence-electron chi connectivity index (χ1n) is 6.85. The molecule has 17 heavy (non-hydrogen) atoms. The molecule has 2 N–H and O–H groups in total. The van der Waals surface area contributed by atoms with Gasteiger partial charge in [-0.3, -0.25) is 0 Å². The molecule has 0 spiro atoms. The Morgan fingerprint density at radius 2 is 1.76 bits per heavy atom. The van der Waals surface area contributed by atoms with Crippen LogP contribution in [0.15, 0.2) is 0 Å². The minimum atomic E-state index is -3.02. The van der Waals surface area contributed by atoms with E-state index in [1.807, 2.05) is 0 Å². The minimum Gasteiger partial charge on any atom is -0.314 e. The minimum absolute atomic E-state index is 0.269. The maximum absolute atomic E-state index is 11.6. The lowest BCUT2D eigenvalue weighted by molar-refractivity contribution is 0.568. The van der Waals surface area contributed by atoms with E-state index in [1.54, 1.807) is 0 Å². The van der Waals surface area contributed by atoms with Crippen molar-refractivity contribution in [1.82, 2.24) is 10.0 Å². The van der Waals surface area contributed by atoms with Gasteiger partial charge in [0.15, 0.2) is 0 Å². The van der Waals surface area contributed by atoms with Crippen LogP contribution in [0, 0.1) is 0 Å². The predicted molar refractivity (Wildman–Crippen MR) is 71.6 cm³/mol. The summed E-state index contributed by atoms with van der Waals surface area (Å²) >= 11 is 0. The van der Waals surface area contributed by atoms with Crippen molar-refractivity contribution in [3.8, 4) is 0 Å². The molecule has 0 atom stereocenters. The molecule has 5 heteroatoms. The van der Waals surface area contributed by atoms with Gasteiger partial charge in [-0.15, -0.1) is 0 Å². The standard InChI is InChI=1S/C12H26N2O2S/c1-2-3-4-10-14-17(15,16)11-6-5-9-13-12-7-8-12/h12-14H,2-11H2,1H3. The summed E-state index contributed by atoms with van der Waals surface area (Å²) in [5.74, 6) is 0.269. The van der Waals surface area contributed by atoms with Crippen LogP contribution < -0.4 is 10.0 Å². The molecule has 0 unspecified atom stereocenters. The lowest BCUT2D eigenvalue weighted by Crippen LogP contribution is -2.28. The molecule has 1 rings (SSSR count). The highest BCUT2D eigenvalue weighted by Crippen LogP contribution is 2.18. The Labute approximate surface area is 106 Å². The first-order chi connectivity index (χ1) is 8.14. The van der Waals surface area contributed by atoms with Gasteiger partial charge < -0.3 is 5.32 Å². The van der Waals surface area contributed by atoms with Gasteiger partial charge in [-0.05, 0) is 38.6 Å². The molecule has 1 aliphatic rings. The largest absolute Gasteiger partial charge is 0.314 e. The van der Waals surface area contributed by atoms with E-state index in [0.29, 0.717) is 6.54 Å². The summed E-state index contributed by atoms with van der Waals surface area (Å²) in [6.07, 6.45) is 7.44. The van der Waals surface area contributed by atoms with Crippen LogP contribution in [-0.4, -0.2) is 33.3 Å². The fourth-order valence-corrected chi connectivity index (χ4v) is 2.87. The highest BCUT2D eigenvalue weighted by molar-refractivity contribution is 7.89. The summed E-state index contributed by atoms with van der Waals surface area (Å²) in [6, 6.07) is 0.721. The number of hydrogen-bond acceptors (Lipinski definition) is 3. The summed E-state index contributed by atoms with van der Waals surface area (Å²) in [5, 5.41) is 3.39. The second kappa shape index (κ2) is 8.06. The van der Waals surface area contributed by atoms with Crippen molar-refractivity contribution in [2.24, 2.45) is 0 Å². The van der Waals surface area contributed by atoms with E-state index in [1.165, 1.54) is 12.8 Å². The van der Waals surface area contributed by atoms with Crippen molar-refractivity contribution in [3.05, 3.63) is 0 Å². The number of nitrogens with one attached hydrogen (secondary N) is 2. The topological polar surface area (TPSA) is 58.2 Å². The quantitative estimate of drug-likeness (QED) is 0.556. The summed E-state index contributed by atoms with van der Waals surface area (Å²) in [5.41, 5.74) is 0. The number of sulfonamides is 1. The molecule has 1 aliphatic carbocycles. The molecule has 0 aromatic rings. The summed E-state index contributed by atoms with van der Waals surface area (Å²) < 4.78 is 25.8. The molecule has 1 saturated carbocycles. The molecule has 0 amide bonds. The highest BCUT2D eigenvalue weighted by Gasteiger charge is 2.19. The van der Waals surface area contributed by atoms with Gasteiger partial charge in [0.25, 0.3) is 0 Å². The molecule has 0 saturated heterocycles. The van der Waals surface area contributed by atoms with Crippen LogP contribution in [0.4, 0.5) is 0 Å². The van der Waals surface area contributed by atoms with E-state index in [9.17, 15) is 8.42 Å². The van der Waals surface area contributed by atoms with Crippen molar-refractivity contribution in [2.45, 2.75) is 57.9 Å². The molecule has 0 heterocycles. The molecule has 0 aromatic carbocycles. The van der Waals surface area contributed by atoms with Crippen LogP contribution in [0.3, 0.4) is 0 Å². The molecule has 0 aromatic heterocycles. The van der Waals surface area contributed by atoms with Crippen molar-refractivity contribution < 1.29 is 8.42 Å². The van der Waals surface area contributed by atoms with E-state index in [-0.39, 0.29) is 5.75 Å². The first kappa shape index (κ1) is 14.9. The molecule has 0 bridgehead atoms. The maximum Gasteiger partial charge on any atom is 0.211 e. The van der Waals surface area contributed by atoms with Crippen LogP contribution in [0.2, 0.25) is 0 Å². The lowest BCUT2D eigenvalue weighted by Gasteiger charge is -2.06. The summed E-state index contributed by atoms with van der Waals surface area (Å²) in [6.45, 7) is 3.66. The molecule has 0 radical (unpaired) electrons. The van der Waals surface area contributed by atoms with Crippen molar-refractivity contribution in [1.29, 1.82) is 0 Å². The van der Waals surface area contributed by atoms with E-state index >= 15 is 0 Å². The van der Waals surface area contributed by atoms with Gasteiger partial charge in [0.05, 0.1) is 5.75 Å². The Bertz CT molecular complexity index is 287. The molecular formula is C12H26N2O2S. The number of hydrogen-bond donors (Lipinski definition) is 2. The Kier molecular flexibility index (Phi) is 7.08. The molecule has 0 aliphatic heterocycles. The van der Waals surface area contributed by atoms with Crippen molar-refractivity contribution in [3.63, 3.8) is 0 Å². The summed E-state index contributed by atoms with van der Waals surface area (Å²) in [7, 11) is -3.02. The number of rotatable bonds is 11. The zero-order valence-electron chi connectivity index (χ0n) is 10.9. The van der Waals surface area contributed by atoms with Crippen molar-refractivity contribution >= 4 is 10.0 Å². The molecule has 4 nitrogen and oxygen atoms in total. The molecule has 102 valence electrons. The number of unbranched alkanes of at least 4 members (excludes halogenated alkanes) is 3. The maximum atomic E-state index is 11.6. The Morgan fingerprint density at radius 3 is 2.41 bits per heavy atom. The third-order valence-corrected chi connectivity index (χ3v) is 4.42. The zero-order valence-corrected chi connectivity index (χ0v) is 11.7. The third-order valence-electron chi connectivity index (χ3n) is 2.95. The fraction of sp³-hybridized carbons (Fsp3) is 1.00. The second-order valence-electron chi connectivity index (χ2n) is 4.86. The van der Waals surface area contributed by atoms with Gasteiger partial charge in [0.2, 0.25) is 10.0 Å². The van der Waals surface area contributed by atoms with E-state index in [2.05, 4.69) is 17.0 Å². The average Bonchev–Trinajstić information content (AvgIpc) is 3.08. The normalized spacial score (nSPS) is 16.3. The fourth-order valence-electron chi connectivity index (χ4n) is 1.69.